The molecule has 12 nitrogen and oxygen atoms in total. The largest absolute Gasteiger partial charge is 0.478 e. The van der Waals surface area contributed by atoms with Crippen LogP contribution in [0.15, 0.2) is 47.6 Å². The molecule has 0 radical (unpaired) electrons. The van der Waals surface area contributed by atoms with Gasteiger partial charge in [-0.3, -0.25) is 4.90 Å². The number of esters is 1. The minimum absolute atomic E-state index is 0.00663. The maximum absolute atomic E-state index is 12.7. The summed E-state index contributed by atoms with van der Waals surface area (Å²) < 4.78 is 20.9. The SMILES string of the molecule is CCOC(=O)COc1ccc(N2C(=O)O[C@@H]3C[C@H](NC(=O)OCc4ccccc4)CC[C@H]32)nc1N=O. The summed E-state index contributed by atoms with van der Waals surface area (Å²) in [6.45, 7) is 1.61. The Balaban J connectivity index is 1.35. The topological polar surface area (TPSA) is 146 Å². The molecule has 1 aromatic heterocycles. The van der Waals surface area contributed by atoms with Crippen molar-refractivity contribution in [2.45, 2.75) is 51.0 Å². The molecule has 12 heteroatoms. The molecule has 1 saturated heterocycles. The van der Waals surface area contributed by atoms with Gasteiger partial charge in [0.15, 0.2) is 12.4 Å². The molecule has 4 rings (SSSR count). The Morgan fingerprint density at radius 1 is 1.17 bits per heavy atom. The standard InChI is InChI=1S/C24H26N4O8/c1-2-33-21(29)14-34-18-10-11-20(26-22(18)27-32)28-17-9-8-16(12-19(17)36-24(28)31)25-23(30)35-13-15-6-4-3-5-7-15/h3-7,10-11,16-17,19H,2,8-9,12-14H2,1H3,(H,25,30)/t16-,17-,19-/m1/s1. The fourth-order valence-corrected chi connectivity index (χ4v) is 4.26. The number of hydrogen-bond acceptors (Lipinski definition) is 10. The summed E-state index contributed by atoms with van der Waals surface area (Å²) in [5.41, 5.74) is 0.880. The number of aromatic nitrogens is 1. The first-order chi connectivity index (χ1) is 17.5. The molecular weight excluding hydrogens is 472 g/mol. The van der Waals surface area contributed by atoms with Crippen LogP contribution in [0.5, 0.6) is 5.75 Å². The number of hydrogen-bond donors (Lipinski definition) is 1. The first-order valence-corrected chi connectivity index (χ1v) is 11.6. The number of rotatable bonds is 9. The van der Waals surface area contributed by atoms with Crippen molar-refractivity contribution in [2.24, 2.45) is 5.18 Å². The van der Waals surface area contributed by atoms with E-state index in [0.29, 0.717) is 19.3 Å². The van der Waals surface area contributed by atoms with Crippen molar-refractivity contribution in [1.29, 1.82) is 0 Å². The monoisotopic (exact) mass is 498 g/mol. The second-order valence-corrected chi connectivity index (χ2v) is 8.25. The molecule has 2 aromatic rings. The van der Waals surface area contributed by atoms with Crippen LogP contribution in [0.25, 0.3) is 0 Å². The number of nitrogens with zero attached hydrogens (tertiary/aromatic N) is 3. The van der Waals surface area contributed by atoms with Gasteiger partial charge < -0.3 is 24.3 Å². The van der Waals surface area contributed by atoms with Gasteiger partial charge in [0.2, 0.25) is 5.82 Å². The van der Waals surface area contributed by atoms with Gasteiger partial charge in [-0.25, -0.2) is 19.4 Å². The number of alkyl carbamates (subject to hydrolysis) is 1. The molecule has 2 heterocycles. The number of anilines is 1. The predicted octanol–water partition coefficient (Wildman–Crippen LogP) is 3.59. The van der Waals surface area contributed by atoms with E-state index in [9.17, 15) is 19.3 Å². The summed E-state index contributed by atoms with van der Waals surface area (Å²) in [7, 11) is 0. The summed E-state index contributed by atoms with van der Waals surface area (Å²) in [6.07, 6.45) is -0.0830. The average Bonchev–Trinajstić information content (AvgIpc) is 3.21. The molecular formula is C24H26N4O8. The fraction of sp³-hybridized carbons (Fsp3) is 0.417. The smallest absolute Gasteiger partial charge is 0.416 e. The van der Waals surface area contributed by atoms with E-state index in [1.807, 2.05) is 30.3 Å². The quantitative estimate of drug-likeness (QED) is 0.311. The third-order valence-corrected chi connectivity index (χ3v) is 5.88. The molecule has 0 bridgehead atoms. The van der Waals surface area contributed by atoms with E-state index in [0.717, 1.165) is 5.56 Å². The molecule has 1 saturated carbocycles. The number of carbonyl (C=O) groups is 3. The van der Waals surface area contributed by atoms with Crippen LogP contribution in [-0.4, -0.2) is 54.5 Å². The molecule has 1 aliphatic carbocycles. The van der Waals surface area contributed by atoms with Crippen LogP contribution in [-0.2, 0) is 25.6 Å². The van der Waals surface area contributed by atoms with E-state index in [1.54, 1.807) is 6.92 Å². The van der Waals surface area contributed by atoms with E-state index in [4.69, 9.17) is 18.9 Å². The first kappa shape index (κ1) is 24.9. The molecule has 190 valence electrons. The molecule has 1 N–H and O–H groups in total. The lowest BCUT2D eigenvalue weighted by atomic mass is 9.88. The highest BCUT2D eigenvalue weighted by molar-refractivity contribution is 5.90. The normalized spacial score (nSPS) is 20.6. The van der Waals surface area contributed by atoms with E-state index in [2.05, 4.69) is 15.5 Å². The Hall–Kier alpha value is -4.22. The molecule has 2 fully saturated rings. The van der Waals surface area contributed by atoms with Crippen molar-refractivity contribution in [3.05, 3.63) is 52.9 Å². The fourth-order valence-electron chi connectivity index (χ4n) is 4.26. The van der Waals surface area contributed by atoms with E-state index >= 15 is 0 Å². The first-order valence-electron chi connectivity index (χ1n) is 11.6. The van der Waals surface area contributed by atoms with E-state index in [1.165, 1.54) is 17.0 Å². The van der Waals surface area contributed by atoms with Gasteiger partial charge >= 0.3 is 18.2 Å². The zero-order valence-electron chi connectivity index (χ0n) is 19.6. The van der Waals surface area contributed by atoms with Gasteiger partial charge in [0.05, 0.1) is 12.6 Å². The molecule has 2 aliphatic rings. The second kappa shape index (κ2) is 11.5. The van der Waals surface area contributed by atoms with Crippen molar-refractivity contribution in [1.82, 2.24) is 10.3 Å². The third kappa shape index (κ3) is 5.88. The van der Waals surface area contributed by atoms with Gasteiger partial charge in [0, 0.05) is 12.5 Å². The number of pyridine rings is 1. The number of amides is 2. The van der Waals surface area contributed by atoms with Gasteiger partial charge in [-0.2, -0.15) is 0 Å². The van der Waals surface area contributed by atoms with Crippen LogP contribution < -0.4 is 15.0 Å². The van der Waals surface area contributed by atoms with Gasteiger partial charge in [-0.1, -0.05) is 30.3 Å². The van der Waals surface area contributed by atoms with Crippen molar-refractivity contribution < 1.29 is 33.3 Å². The maximum Gasteiger partial charge on any atom is 0.416 e. The van der Waals surface area contributed by atoms with Crippen LogP contribution in [0.4, 0.5) is 21.2 Å². The zero-order chi connectivity index (χ0) is 25.5. The lowest BCUT2D eigenvalue weighted by molar-refractivity contribution is -0.145. The summed E-state index contributed by atoms with van der Waals surface area (Å²) in [5, 5.41) is 5.69. The van der Waals surface area contributed by atoms with E-state index in [-0.39, 0.29) is 42.7 Å². The van der Waals surface area contributed by atoms with Crippen molar-refractivity contribution in [3.63, 3.8) is 0 Å². The summed E-state index contributed by atoms with van der Waals surface area (Å²) in [4.78, 5) is 53.2. The van der Waals surface area contributed by atoms with Gasteiger partial charge in [0.1, 0.15) is 18.5 Å². The number of fused-ring (bicyclic) bond motifs is 1. The van der Waals surface area contributed by atoms with Crippen LogP contribution in [0.3, 0.4) is 0 Å². The Labute approximate surface area is 206 Å². The minimum Gasteiger partial charge on any atom is -0.478 e. The average molecular weight is 498 g/mol. The lowest BCUT2D eigenvalue weighted by Crippen LogP contribution is -2.47. The number of benzene rings is 1. The predicted molar refractivity (Wildman–Crippen MR) is 126 cm³/mol. The van der Waals surface area contributed by atoms with Crippen molar-refractivity contribution in [2.75, 3.05) is 18.1 Å². The summed E-state index contributed by atoms with van der Waals surface area (Å²) in [5.74, 6) is -0.727. The molecule has 0 spiro atoms. The number of ether oxygens (including phenoxy) is 4. The Bertz CT molecular complexity index is 1110. The van der Waals surface area contributed by atoms with Crippen LogP contribution >= 0.6 is 0 Å². The molecule has 1 aromatic carbocycles. The Morgan fingerprint density at radius 3 is 2.72 bits per heavy atom. The maximum atomic E-state index is 12.7. The second-order valence-electron chi connectivity index (χ2n) is 8.25. The van der Waals surface area contributed by atoms with Crippen molar-refractivity contribution in [3.8, 4) is 5.75 Å². The highest BCUT2D eigenvalue weighted by Crippen LogP contribution is 2.37. The molecule has 36 heavy (non-hydrogen) atoms. The molecule has 3 atom stereocenters. The molecule has 1 aliphatic heterocycles. The summed E-state index contributed by atoms with van der Waals surface area (Å²) >= 11 is 0. The number of carbonyl (C=O) groups excluding carboxylic acids is 3. The Kier molecular flexibility index (Phi) is 7.93. The highest BCUT2D eigenvalue weighted by Gasteiger charge is 2.47. The third-order valence-electron chi connectivity index (χ3n) is 5.88. The van der Waals surface area contributed by atoms with Gasteiger partial charge in [-0.05, 0) is 42.6 Å². The lowest BCUT2D eigenvalue weighted by Gasteiger charge is -2.32. The zero-order valence-corrected chi connectivity index (χ0v) is 19.6. The summed E-state index contributed by atoms with van der Waals surface area (Å²) in [6, 6.07) is 11.7. The minimum atomic E-state index is -0.609. The van der Waals surface area contributed by atoms with Gasteiger partial charge in [0.25, 0.3) is 0 Å². The number of nitroso groups, excluding NO2 is 1. The van der Waals surface area contributed by atoms with Crippen LogP contribution in [0, 0.1) is 4.91 Å². The highest BCUT2D eigenvalue weighted by atomic mass is 16.6. The molecule has 2 amide bonds. The van der Waals surface area contributed by atoms with Crippen LogP contribution in [0.1, 0.15) is 31.7 Å². The van der Waals surface area contributed by atoms with Gasteiger partial charge in [-0.15, -0.1) is 4.91 Å². The van der Waals surface area contributed by atoms with E-state index < -0.39 is 30.9 Å². The number of nitrogens with one attached hydrogen (secondary N) is 1. The van der Waals surface area contributed by atoms with Crippen molar-refractivity contribution >= 4 is 29.8 Å². The van der Waals surface area contributed by atoms with Crippen LogP contribution in [0.2, 0.25) is 0 Å². The molecule has 0 unspecified atom stereocenters. The Morgan fingerprint density at radius 2 is 1.97 bits per heavy atom.